The van der Waals surface area contributed by atoms with E-state index >= 15 is 0 Å². The maximum atomic E-state index is 13.1. The Morgan fingerprint density at radius 1 is 1.13 bits per heavy atom. The maximum Gasteiger partial charge on any atom is 0.419 e. The number of pyridine rings is 1. The van der Waals surface area contributed by atoms with Crippen molar-refractivity contribution in [3.8, 4) is 0 Å². The van der Waals surface area contributed by atoms with Crippen molar-refractivity contribution in [2.75, 3.05) is 11.1 Å². The molecule has 1 fully saturated rings. The second-order valence-electron chi connectivity index (χ2n) is 5.66. The molecule has 4 N–H and O–H groups in total. The normalized spacial score (nSPS) is 22.3. The fourth-order valence-electron chi connectivity index (χ4n) is 2.72. The van der Waals surface area contributed by atoms with Crippen LogP contribution in [0, 0.1) is 0 Å². The van der Waals surface area contributed by atoms with Crippen molar-refractivity contribution in [3.05, 3.63) is 18.0 Å². The highest BCUT2D eigenvalue weighted by Gasteiger charge is 2.34. The number of nitrogens with one attached hydrogen (secondary N) is 1. The quantitative estimate of drug-likeness (QED) is 0.783. The number of aromatic nitrogens is 3. The van der Waals surface area contributed by atoms with Crippen LogP contribution in [0.3, 0.4) is 0 Å². The molecule has 23 heavy (non-hydrogen) atoms. The molecule has 0 atom stereocenters. The first-order chi connectivity index (χ1) is 10.8. The average molecular weight is 327 g/mol. The molecule has 3 rings (SSSR count). The number of hydrogen-bond acceptors (Lipinski definition) is 6. The zero-order chi connectivity index (χ0) is 16.6. The van der Waals surface area contributed by atoms with Gasteiger partial charge in [-0.05, 0) is 25.7 Å². The summed E-state index contributed by atoms with van der Waals surface area (Å²) in [5.41, 5.74) is 4.41. The van der Waals surface area contributed by atoms with Gasteiger partial charge in [-0.15, -0.1) is 0 Å². The van der Waals surface area contributed by atoms with E-state index in [9.17, 15) is 18.3 Å². The molecule has 124 valence electrons. The minimum Gasteiger partial charge on any atom is -0.393 e. The fraction of sp³-hybridized carbons (Fsp3) is 0.500. The van der Waals surface area contributed by atoms with Crippen LogP contribution in [0.4, 0.5) is 24.9 Å². The Labute approximate surface area is 130 Å². The Morgan fingerprint density at radius 3 is 2.48 bits per heavy atom. The molecule has 6 nitrogen and oxygen atoms in total. The molecule has 1 aliphatic rings. The lowest BCUT2D eigenvalue weighted by molar-refractivity contribution is -0.136. The number of nitrogens with zero attached hydrogens (tertiary/aromatic N) is 3. The molecule has 2 aromatic heterocycles. The smallest absolute Gasteiger partial charge is 0.393 e. The summed E-state index contributed by atoms with van der Waals surface area (Å²) in [5.74, 6) is 0.0790. The fourth-order valence-corrected chi connectivity index (χ4v) is 2.72. The first-order valence-electron chi connectivity index (χ1n) is 7.27. The Kier molecular flexibility index (Phi) is 3.97. The molecule has 9 heteroatoms. The van der Waals surface area contributed by atoms with Gasteiger partial charge in [0.15, 0.2) is 0 Å². The third-order valence-electron chi connectivity index (χ3n) is 3.99. The summed E-state index contributed by atoms with van der Waals surface area (Å²) >= 11 is 0. The van der Waals surface area contributed by atoms with Crippen LogP contribution in [0.15, 0.2) is 12.4 Å². The Bertz CT molecular complexity index is 713. The van der Waals surface area contributed by atoms with Crippen molar-refractivity contribution in [2.24, 2.45) is 0 Å². The minimum absolute atomic E-state index is 0.0318. The molecule has 0 aromatic carbocycles. The van der Waals surface area contributed by atoms with Crippen LogP contribution >= 0.6 is 0 Å². The zero-order valence-electron chi connectivity index (χ0n) is 12.1. The van der Waals surface area contributed by atoms with Crippen molar-refractivity contribution in [1.82, 2.24) is 15.0 Å². The summed E-state index contributed by atoms with van der Waals surface area (Å²) < 4.78 is 39.3. The number of aliphatic hydroxyl groups is 1. The molecule has 2 heterocycles. The van der Waals surface area contributed by atoms with Gasteiger partial charge in [-0.1, -0.05) is 0 Å². The highest BCUT2D eigenvalue weighted by molar-refractivity contribution is 5.90. The average Bonchev–Trinajstić information content (AvgIpc) is 2.48. The molecule has 1 aliphatic carbocycles. The molecule has 0 radical (unpaired) electrons. The first-order valence-corrected chi connectivity index (χ1v) is 7.27. The number of aliphatic hydroxyl groups excluding tert-OH is 1. The van der Waals surface area contributed by atoms with E-state index in [2.05, 4.69) is 20.3 Å². The number of nitrogens with two attached hydrogens (primary N) is 1. The van der Waals surface area contributed by atoms with Gasteiger partial charge >= 0.3 is 6.18 Å². The summed E-state index contributed by atoms with van der Waals surface area (Å²) in [6.07, 6.45) is -0.218. The number of anilines is 2. The van der Waals surface area contributed by atoms with Crippen LogP contribution in [-0.4, -0.2) is 32.2 Å². The van der Waals surface area contributed by atoms with Crippen molar-refractivity contribution >= 4 is 22.7 Å². The lowest BCUT2D eigenvalue weighted by atomic mass is 9.93. The lowest BCUT2D eigenvalue weighted by Crippen LogP contribution is -2.29. The summed E-state index contributed by atoms with van der Waals surface area (Å²) in [6.45, 7) is 0. The Hall–Kier alpha value is -2.16. The summed E-state index contributed by atoms with van der Waals surface area (Å²) in [5, 5.41) is 12.6. The van der Waals surface area contributed by atoms with Crippen LogP contribution in [0.2, 0.25) is 0 Å². The number of fused-ring (bicyclic) bond motifs is 1. The highest BCUT2D eigenvalue weighted by atomic mass is 19.4. The van der Waals surface area contributed by atoms with E-state index in [4.69, 9.17) is 5.73 Å². The van der Waals surface area contributed by atoms with Crippen LogP contribution in [0.25, 0.3) is 10.9 Å². The van der Waals surface area contributed by atoms with Crippen molar-refractivity contribution in [2.45, 2.75) is 44.0 Å². The van der Waals surface area contributed by atoms with Crippen molar-refractivity contribution in [3.63, 3.8) is 0 Å². The predicted molar refractivity (Wildman–Crippen MR) is 78.6 cm³/mol. The van der Waals surface area contributed by atoms with E-state index < -0.39 is 11.7 Å². The van der Waals surface area contributed by atoms with Crippen molar-refractivity contribution < 1.29 is 18.3 Å². The van der Waals surface area contributed by atoms with Crippen molar-refractivity contribution in [1.29, 1.82) is 0 Å². The Morgan fingerprint density at radius 2 is 1.83 bits per heavy atom. The molecule has 0 unspecified atom stereocenters. The summed E-state index contributed by atoms with van der Waals surface area (Å²) in [4.78, 5) is 11.6. The lowest BCUT2D eigenvalue weighted by Gasteiger charge is -2.26. The van der Waals surface area contributed by atoms with Gasteiger partial charge < -0.3 is 16.2 Å². The highest BCUT2D eigenvalue weighted by Crippen LogP contribution is 2.35. The first kappa shape index (κ1) is 15.7. The molecular weight excluding hydrogens is 311 g/mol. The molecule has 0 amide bonds. The van der Waals surface area contributed by atoms with E-state index in [1.807, 2.05) is 0 Å². The Balaban J connectivity index is 1.94. The zero-order valence-corrected chi connectivity index (χ0v) is 12.1. The third-order valence-corrected chi connectivity index (χ3v) is 3.99. The number of alkyl halides is 3. The monoisotopic (exact) mass is 327 g/mol. The van der Waals surface area contributed by atoms with Crippen LogP contribution in [0.5, 0.6) is 0 Å². The van der Waals surface area contributed by atoms with Gasteiger partial charge in [0.2, 0.25) is 5.95 Å². The summed E-state index contributed by atoms with van der Waals surface area (Å²) in [7, 11) is 0. The largest absolute Gasteiger partial charge is 0.419 e. The predicted octanol–water partition coefficient (Wildman–Crippen LogP) is 2.34. The van der Waals surface area contributed by atoms with Gasteiger partial charge in [-0.3, -0.25) is 0 Å². The van der Waals surface area contributed by atoms with E-state index in [0.29, 0.717) is 31.9 Å². The standard InChI is InChI=1S/C14H16F3N5O/c15-14(16,17)10-6-19-12(18)9-5-20-13(22-11(9)10)21-7-1-3-8(23)4-2-7/h5-8,23H,1-4H2,(H2,18,19)(H,20,21,22)/t7-,8-. The maximum absolute atomic E-state index is 13.1. The SMILES string of the molecule is Nc1ncc(C(F)(F)F)c2nc(N[C@H]3CC[C@H](O)CC3)ncc12. The van der Waals surface area contributed by atoms with Gasteiger partial charge in [0.05, 0.1) is 17.0 Å². The van der Waals surface area contributed by atoms with Gasteiger partial charge in [0.25, 0.3) is 0 Å². The number of rotatable bonds is 2. The van der Waals surface area contributed by atoms with Gasteiger partial charge in [-0.25, -0.2) is 15.0 Å². The van der Waals surface area contributed by atoms with Gasteiger partial charge in [-0.2, -0.15) is 13.2 Å². The third kappa shape index (κ3) is 3.29. The molecular formula is C14H16F3N5O. The van der Waals surface area contributed by atoms with E-state index in [1.165, 1.54) is 6.20 Å². The molecule has 0 spiro atoms. The molecule has 1 saturated carbocycles. The number of hydrogen-bond donors (Lipinski definition) is 3. The number of halogens is 3. The van der Waals surface area contributed by atoms with Crippen LogP contribution in [0.1, 0.15) is 31.2 Å². The van der Waals surface area contributed by atoms with E-state index in [0.717, 1.165) is 0 Å². The molecule has 0 aliphatic heterocycles. The minimum atomic E-state index is -4.57. The number of nitrogen functional groups attached to an aromatic ring is 1. The molecule has 2 aromatic rings. The second-order valence-corrected chi connectivity index (χ2v) is 5.66. The van der Waals surface area contributed by atoms with Gasteiger partial charge in [0, 0.05) is 18.4 Å². The topological polar surface area (TPSA) is 97.0 Å². The van der Waals surface area contributed by atoms with E-state index in [1.54, 1.807) is 0 Å². The van der Waals surface area contributed by atoms with Crippen LogP contribution < -0.4 is 11.1 Å². The van der Waals surface area contributed by atoms with Gasteiger partial charge in [0.1, 0.15) is 11.4 Å². The summed E-state index contributed by atoms with van der Waals surface area (Å²) in [6, 6.07) is 0.0318. The molecule has 0 bridgehead atoms. The molecule has 0 saturated heterocycles. The second kappa shape index (κ2) is 5.80. The van der Waals surface area contributed by atoms with E-state index in [-0.39, 0.29) is 34.8 Å². The van der Waals surface area contributed by atoms with Crippen LogP contribution in [-0.2, 0) is 6.18 Å².